The Morgan fingerprint density at radius 1 is 1.06 bits per heavy atom. The lowest BCUT2D eigenvalue weighted by Crippen LogP contribution is -2.18. The molecule has 0 heterocycles. The fraction of sp³-hybridized carbons (Fsp3) is 0.571. The van der Waals surface area contributed by atoms with Gasteiger partial charge in [-0.1, -0.05) is 38.1 Å². The molecule has 0 aromatic heterocycles. The summed E-state index contributed by atoms with van der Waals surface area (Å²) in [5.41, 5.74) is 8.49. The van der Waals surface area contributed by atoms with Crippen LogP contribution in [0.25, 0.3) is 0 Å². The lowest BCUT2D eigenvalue weighted by atomic mass is 10.00. The number of ether oxygens (including phenoxy) is 2. The maximum absolute atomic E-state index is 6.04. The smallest absolute Gasteiger partial charge is 0.0701 e. The van der Waals surface area contributed by atoms with Gasteiger partial charge in [-0.05, 0) is 17.0 Å². The largest absolute Gasteiger partial charge is 0.382 e. The molecule has 0 fully saturated rings. The van der Waals surface area contributed by atoms with Gasteiger partial charge in [0.25, 0.3) is 0 Å². The molecule has 1 atom stereocenters. The van der Waals surface area contributed by atoms with Gasteiger partial charge in [0.2, 0.25) is 0 Å². The van der Waals surface area contributed by atoms with Crippen molar-refractivity contribution in [3.05, 3.63) is 35.4 Å². The predicted molar refractivity (Wildman–Crippen MR) is 70.2 cm³/mol. The molecule has 0 bridgehead atoms. The predicted octanol–water partition coefficient (Wildman–Crippen LogP) is 2.47. The molecule has 1 aromatic rings. The van der Waals surface area contributed by atoms with E-state index in [2.05, 4.69) is 38.1 Å². The summed E-state index contributed by atoms with van der Waals surface area (Å²) in [7, 11) is 1.66. The molecule has 0 spiro atoms. The van der Waals surface area contributed by atoms with Crippen LogP contribution < -0.4 is 5.73 Å². The Morgan fingerprint density at radius 3 is 2.18 bits per heavy atom. The summed E-state index contributed by atoms with van der Waals surface area (Å²) < 4.78 is 10.3. The molecule has 3 nitrogen and oxygen atoms in total. The van der Waals surface area contributed by atoms with Gasteiger partial charge in [0.05, 0.1) is 25.9 Å². The van der Waals surface area contributed by atoms with Crippen LogP contribution in [-0.2, 0) is 9.47 Å². The van der Waals surface area contributed by atoms with E-state index in [1.165, 1.54) is 5.56 Å². The van der Waals surface area contributed by atoms with Crippen molar-refractivity contribution in [2.24, 2.45) is 5.73 Å². The van der Waals surface area contributed by atoms with Gasteiger partial charge in [-0.2, -0.15) is 0 Å². The first-order chi connectivity index (χ1) is 8.15. The van der Waals surface area contributed by atoms with Gasteiger partial charge in [0.15, 0.2) is 0 Å². The number of hydrogen-bond donors (Lipinski definition) is 1. The fourth-order valence-electron chi connectivity index (χ4n) is 1.58. The van der Waals surface area contributed by atoms with Crippen molar-refractivity contribution in [3.63, 3.8) is 0 Å². The molecule has 17 heavy (non-hydrogen) atoms. The third kappa shape index (κ3) is 4.86. The van der Waals surface area contributed by atoms with E-state index in [4.69, 9.17) is 15.2 Å². The van der Waals surface area contributed by atoms with Gasteiger partial charge < -0.3 is 15.2 Å². The number of benzene rings is 1. The zero-order valence-corrected chi connectivity index (χ0v) is 11.0. The van der Waals surface area contributed by atoms with Crippen LogP contribution in [0, 0.1) is 0 Å². The molecule has 1 unspecified atom stereocenters. The van der Waals surface area contributed by atoms with E-state index >= 15 is 0 Å². The lowest BCUT2D eigenvalue weighted by Gasteiger charge is -2.14. The van der Waals surface area contributed by atoms with Gasteiger partial charge in [0, 0.05) is 7.11 Å². The molecule has 0 aliphatic carbocycles. The van der Waals surface area contributed by atoms with Gasteiger partial charge in [0.1, 0.15) is 0 Å². The third-order valence-electron chi connectivity index (χ3n) is 2.76. The molecular weight excluding hydrogens is 214 g/mol. The first kappa shape index (κ1) is 14.2. The molecule has 0 saturated heterocycles. The van der Waals surface area contributed by atoms with E-state index in [0.717, 1.165) is 5.56 Å². The summed E-state index contributed by atoms with van der Waals surface area (Å²) in [6.45, 7) is 6.10. The lowest BCUT2D eigenvalue weighted by molar-refractivity contribution is 0.0636. The normalized spacial score (nSPS) is 13.0. The highest BCUT2D eigenvalue weighted by Crippen LogP contribution is 2.17. The van der Waals surface area contributed by atoms with Crippen molar-refractivity contribution in [1.29, 1.82) is 0 Å². The van der Waals surface area contributed by atoms with Crippen molar-refractivity contribution in [3.8, 4) is 0 Å². The quantitative estimate of drug-likeness (QED) is 0.741. The summed E-state index contributed by atoms with van der Waals surface area (Å²) in [4.78, 5) is 0. The first-order valence-electron chi connectivity index (χ1n) is 6.07. The van der Waals surface area contributed by atoms with Crippen LogP contribution in [0.4, 0.5) is 0 Å². The van der Waals surface area contributed by atoms with Crippen molar-refractivity contribution < 1.29 is 9.47 Å². The second-order valence-corrected chi connectivity index (χ2v) is 4.50. The van der Waals surface area contributed by atoms with Crippen LogP contribution in [0.2, 0.25) is 0 Å². The van der Waals surface area contributed by atoms with Crippen LogP contribution >= 0.6 is 0 Å². The van der Waals surface area contributed by atoms with Crippen LogP contribution in [-0.4, -0.2) is 26.9 Å². The Balaban J connectivity index is 2.43. The minimum absolute atomic E-state index is 0.0620. The fourth-order valence-corrected chi connectivity index (χ4v) is 1.58. The highest BCUT2D eigenvalue weighted by Gasteiger charge is 2.06. The average Bonchev–Trinajstić information content (AvgIpc) is 2.34. The zero-order chi connectivity index (χ0) is 12.7. The highest BCUT2D eigenvalue weighted by molar-refractivity contribution is 5.26. The molecule has 2 N–H and O–H groups in total. The monoisotopic (exact) mass is 237 g/mol. The van der Waals surface area contributed by atoms with E-state index in [-0.39, 0.29) is 6.04 Å². The van der Waals surface area contributed by atoms with E-state index in [1.807, 2.05) is 0 Å². The van der Waals surface area contributed by atoms with E-state index in [9.17, 15) is 0 Å². The molecule has 1 rings (SSSR count). The molecule has 0 aliphatic heterocycles. The number of nitrogens with two attached hydrogens (primary N) is 1. The standard InChI is InChI=1S/C14H23NO2/c1-11(2)12-4-6-13(7-5-12)14(15)10-17-9-8-16-3/h4-7,11,14H,8-10,15H2,1-3H3. The second-order valence-electron chi connectivity index (χ2n) is 4.50. The van der Waals surface area contributed by atoms with Crippen molar-refractivity contribution in [2.75, 3.05) is 26.9 Å². The van der Waals surface area contributed by atoms with Crippen LogP contribution in [0.3, 0.4) is 0 Å². The minimum atomic E-state index is -0.0620. The van der Waals surface area contributed by atoms with Gasteiger partial charge in [-0.15, -0.1) is 0 Å². The Bertz CT molecular complexity index is 309. The van der Waals surface area contributed by atoms with E-state index in [1.54, 1.807) is 7.11 Å². The Kier molecular flexibility index (Phi) is 6.19. The summed E-state index contributed by atoms with van der Waals surface area (Å²) in [6.07, 6.45) is 0. The van der Waals surface area contributed by atoms with E-state index < -0.39 is 0 Å². The third-order valence-corrected chi connectivity index (χ3v) is 2.76. The summed E-state index contributed by atoms with van der Waals surface area (Å²) in [5, 5.41) is 0. The molecule has 0 radical (unpaired) electrons. The Hall–Kier alpha value is -0.900. The average molecular weight is 237 g/mol. The number of hydrogen-bond acceptors (Lipinski definition) is 3. The molecule has 0 saturated carbocycles. The van der Waals surface area contributed by atoms with Crippen molar-refractivity contribution in [1.82, 2.24) is 0 Å². The topological polar surface area (TPSA) is 44.5 Å². The van der Waals surface area contributed by atoms with Crippen LogP contribution in [0.1, 0.15) is 36.9 Å². The summed E-state index contributed by atoms with van der Waals surface area (Å²) >= 11 is 0. The Labute approximate surface area is 104 Å². The molecule has 0 amide bonds. The van der Waals surface area contributed by atoms with Crippen LogP contribution in [0.15, 0.2) is 24.3 Å². The molecule has 3 heteroatoms. The SMILES string of the molecule is COCCOCC(N)c1ccc(C(C)C)cc1. The number of methoxy groups -OCH3 is 1. The van der Waals surface area contributed by atoms with Gasteiger partial charge >= 0.3 is 0 Å². The maximum atomic E-state index is 6.04. The molecule has 1 aromatic carbocycles. The molecule has 0 aliphatic rings. The summed E-state index contributed by atoms with van der Waals surface area (Å²) in [6, 6.07) is 8.37. The second kappa shape index (κ2) is 7.43. The molecule has 96 valence electrons. The van der Waals surface area contributed by atoms with Crippen molar-refractivity contribution in [2.45, 2.75) is 25.8 Å². The maximum Gasteiger partial charge on any atom is 0.0701 e. The van der Waals surface area contributed by atoms with E-state index in [0.29, 0.717) is 25.7 Å². The van der Waals surface area contributed by atoms with Crippen molar-refractivity contribution >= 4 is 0 Å². The zero-order valence-electron chi connectivity index (χ0n) is 11.0. The number of rotatable bonds is 7. The van der Waals surface area contributed by atoms with Gasteiger partial charge in [-0.3, -0.25) is 0 Å². The molecular formula is C14H23NO2. The first-order valence-corrected chi connectivity index (χ1v) is 6.07. The minimum Gasteiger partial charge on any atom is -0.382 e. The highest BCUT2D eigenvalue weighted by atomic mass is 16.5. The van der Waals surface area contributed by atoms with Crippen LogP contribution in [0.5, 0.6) is 0 Å². The van der Waals surface area contributed by atoms with Gasteiger partial charge in [-0.25, -0.2) is 0 Å². The summed E-state index contributed by atoms with van der Waals surface area (Å²) in [5.74, 6) is 0.554. The Morgan fingerprint density at radius 2 is 1.65 bits per heavy atom.